The summed E-state index contributed by atoms with van der Waals surface area (Å²) in [4.78, 5) is 2.36. The lowest BCUT2D eigenvalue weighted by atomic mass is 9.76. The Hall–Kier alpha value is -0.280. The van der Waals surface area contributed by atoms with Gasteiger partial charge in [0.15, 0.2) is 0 Å². The molecule has 1 heterocycles. The van der Waals surface area contributed by atoms with Crippen LogP contribution in [0.3, 0.4) is 0 Å². The highest BCUT2D eigenvalue weighted by Gasteiger charge is 2.31. The van der Waals surface area contributed by atoms with Crippen LogP contribution >= 0.6 is 0 Å². The van der Waals surface area contributed by atoms with E-state index in [2.05, 4.69) is 27.8 Å². The number of methoxy groups -OCH3 is 2. The molecule has 3 N–H and O–H groups in total. The van der Waals surface area contributed by atoms with E-state index >= 15 is 0 Å². The van der Waals surface area contributed by atoms with Crippen molar-refractivity contribution in [3.05, 3.63) is 0 Å². The molecule has 1 saturated heterocycles. The van der Waals surface area contributed by atoms with Crippen LogP contribution in [0.4, 0.5) is 0 Å². The lowest BCUT2D eigenvalue weighted by Crippen LogP contribution is -2.63. The van der Waals surface area contributed by atoms with E-state index in [0.717, 1.165) is 83.1 Å². The van der Waals surface area contributed by atoms with E-state index in [4.69, 9.17) is 14.2 Å². The first kappa shape index (κ1) is 26.3. The maximum Gasteiger partial charge on any atom is 0.112 e. The molecule has 32 heavy (non-hydrogen) atoms. The predicted molar refractivity (Wildman–Crippen MR) is 130 cm³/mol. The van der Waals surface area contributed by atoms with Crippen molar-refractivity contribution in [3.8, 4) is 0 Å². The molecule has 0 aromatic heterocycles. The molecule has 0 amide bonds. The van der Waals surface area contributed by atoms with Gasteiger partial charge in [0.1, 0.15) is 6.29 Å². The zero-order valence-corrected chi connectivity index (χ0v) is 20.9. The number of ether oxygens (including phenoxy) is 3. The second kappa shape index (κ2) is 14.9. The second-order valence-electron chi connectivity index (χ2n) is 10.4. The Balaban J connectivity index is 1.25. The number of hydrogen-bond donors (Lipinski definition) is 3. The molecule has 0 spiro atoms. The van der Waals surface area contributed by atoms with Crippen molar-refractivity contribution in [2.75, 3.05) is 66.8 Å². The SMILES string of the molecule is COCCN(CCOC)CCOC1CCC(NC2NCC(C3CCC(C)CC3)CN2)CC1. The van der Waals surface area contributed by atoms with E-state index in [9.17, 15) is 0 Å². The summed E-state index contributed by atoms with van der Waals surface area (Å²) in [5.74, 6) is 2.66. The van der Waals surface area contributed by atoms with Gasteiger partial charge in [-0.25, -0.2) is 0 Å². The molecule has 3 fully saturated rings. The Morgan fingerprint density at radius 3 is 1.94 bits per heavy atom. The van der Waals surface area contributed by atoms with Crippen LogP contribution in [-0.2, 0) is 14.2 Å². The Morgan fingerprint density at radius 2 is 1.34 bits per heavy atom. The van der Waals surface area contributed by atoms with Crippen molar-refractivity contribution in [3.63, 3.8) is 0 Å². The first-order valence-corrected chi connectivity index (χ1v) is 13.2. The van der Waals surface area contributed by atoms with Gasteiger partial charge >= 0.3 is 0 Å². The van der Waals surface area contributed by atoms with E-state index in [1.165, 1.54) is 38.5 Å². The molecule has 0 unspecified atom stereocenters. The monoisotopic (exact) mass is 454 g/mol. The highest BCUT2D eigenvalue weighted by Crippen LogP contribution is 2.33. The smallest absolute Gasteiger partial charge is 0.112 e. The summed E-state index contributed by atoms with van der Waals surface area (Å²) in [5, 5.41) is 11.3. The van der Waals surface area contributed by atoms with Gasteiger partial charge in [0.05, 0.1) is 25.9 Å². The molecular formula is C25H50N4O3. The zero-order valence-electron chi connectivity index (χ0n) is 20.9. The minimum absolute atomic E-state index is 0.270. The summed E-state index contributed by atoms with van der Waals surface area (Å²) >= 11 is 0. The molecule has 7 nitrogen and oxygen atoms in total. The summed E-state index contributed by atoms with van der Waals surface area (Å²) in [6.45, 7) is 9.84. The molecule has 0 aromatic rings. The van der Waals surface area contributed by atoms with Crippen molar-refractivity contribution >= 4 is 0 Å². The fraction of sp³-hybridized carbons (Fsp3) is 1.00. The van der Waals surface area contributed by atoms with Crippen LogP contribution in [0.5, 0.6) is 0 Å². The Morgan fingerprint density at radius 1 is 0.750 bits per heavy atom. The van der Waals surface area contributed by atoms with Crippen molar-refractivity contribution in [2.45, 2.75) is 76.7 Å². The van der Waals surface area contributed by atoms with Gasteiger partial charge in [-0.3, -0.25) is 20.9 Å². The highest BCUT2D eigenvalue weighted by atomic mass is 16.5. The van der Waals surface area contributed by atoms with Crippen LogP contribution < -0.4 is 16.0 Å². The summed E-state index contributed by atoms with van der Waals surface area (Å²) in [6.07, 6.45) is 11.1. The van der Waals surface area contributed by atoms with E-state index in [1.54, 1.807) is 14.2 Å². The van der Waals surface area contributed by atoms with Gasteiger partial charge < -0.3 is 14.2 Å². The van der Waals surface area contributed by atoms with E-state index < -0.39 is 0 Å². The van der Waals surface area contributed by atoms with Gasteiger partial charge in [0.2, 0.25) is 0 Å². The number of rotatable bonds is 13. The molecule has 7 heteroatoms. The average Bonchev–Trinajstić information content (AvgIpc) is 2.82. The minimum Gasteiger partial charge on any atom is -0.383 e. The van der Waals surface area contributed by atoms with Crippen LogP contribution in [0.25, 0.3) is 0 Å². The highest BCUT2D eigenvalue weighted by molar-refractivity contribution is 4.86. The maximum absolute atomic E-state index is 6.22. The largest absolute Gasteiger partial charge is 0.383 e. The number of hydrogen-bond acceptors (Lipinski definition) is 7. The van der Waals surface area contributed by atoms with Crippen LogP contribution in [0.15, 0.2) is 0 Å². The number of nitrogens with one attached hydrogen (secondary N) is 3. The molecule has 0 aromatic carbocycles. The van der Waals surface area contributed by atoms with Crippen molar-refractivity contribution < 1.29 is 14.2 Å². The Bertz CT molecular complexity index is 466. The first-order chi connectivity index (χ1) is 15.7. The van der Waals surface area contributed by atoms with Gasteiger partial charge in [-0.2, -0.15) is 0 Å². The fourth-order valence-corrected chi connectivity index (χ4v) is 5.65. The van der Waals surface area contributed by atoms with Gasteiger partial charge in [0.25, 0.3) is 0 Å². The van der Waals surface area contributed by atoms with Crippen molar-refractivity contribution in [1.82, 2.24) is 20.9 Å². The van der Waals surface area contributed by atoms with Gasteiger partial charge in [-0.05, 0) is 56.3 Å². The van der Waals surface area contributed by atoms with Crippen molar-refractivity contribution in [1.29, 1.82) is 0 Å². The maximum atomic E-state index is 6.22. The summed E-state index contributed by atoms with van der Waals surface area (Å²) < 4.78 is 16.7. The Labute approximate surface area is 196 Å². The topological polar surface area (TPSA) is 67.0 Å². The van der Waals surface area contributed by atoms with Crippen LogP contribution in [0.2, 0.25) is 0 Å². The molecule has 3 rings (SSSR count). The average molecular weight is 455 g/mol. The lowest BCUT2D eigenvalue weighted by molar-refractivity contribution is 0.00380. The Kier molecular flexibility index (Phi) is 12.2. The van der Waals surface area contributed by atoms with Crippen molar-refractivity contribution in [2.24, 2.45) is 17.8 Å². The molecule has 3 aliphatic rings. The molecule has 0 bridgehead atoms. The first-order valence-electron chi connectivity index (χ1n) is 13.2. The fourth-order valence-electron chi connectivity index (χ4n) is 5.65. The third-order valence-electron chi connectivity index (χ3n) is 7.96. The molecule has 0 atom stereocenters. The summed E-state index contributed by atoms with van der Waals surface area (Å²) in [7, 11) is 3.51. The van der Waals surface area contributed by atoms with E-state index in [-0.39, 0.29) is 6.29 Å². The van der Waals surface area contributed by atoms with E-state index in [1.807, 2.05) is 0 Å². The minimum atomic E-state index is 0.270. The normalized spacial score (nSPS) is 34.1. The molecular weight excluding hydrogens is 404 g/mol. The summed E-state index contributed by atoms with van der Waals surface area (Å²) in [6, 6.07) is 0.590. The van der Waals surface area contributed by atoms with Crippen LogP contribution in [0.1, 0.15) is 58.3 Å². The molecule has 2 saturated carbocycles. The van der Waals surface area contributed by atoms with Crippen LogP contribution in [0, 0.1) is 17.8 Å². The molecule has 0 radical (unpaired) electrons. The standard InChI is InChI=1S/C25H50N4O3/c1-20-4-6-21(7-5-20)22-18-26-25(27-19-22)28-23-8-10-24(11-9-23)32-17-14-29(12-15-30-2)13-16-31-3/h20-28H,4-19H2,1-3H3. The second-order valence-corrected chi connectivity index (χ2v) is 10.4. The molecule has 2 aliphatic carbocycles. The third kappa shape index (κ3) is 9.16. The van der Waals surface area contributed by atoms with Gasteiger partial charge in [-0.15, -0.1) is 0 Å². The summed E-state index contributed by atoms with van der Waals surface area (Å²) in [5.41, 5.74) is 0. The number of nitrogens with zero attached hydrogens (tertiary/aromatic N) is 1. The molecule has 1 aliphatic heterocycles. The third-order valence-corrected chi connectivity index (χ3v) is 7.96. The predicted octanol–water partition coefficient (Wildman–Crippen LogP) is 2.42. The van der Waals surface area contributed by atoms with E-state index in [0.29, 0.717) is 12.1 Å². The van der Waals surface area contributed by atoms with Gasteiger partial charge in [0, 0.05) is 53.0 Å². The van der Waals surface area contributed by atoms with Crippen LogP contribution in [-0.4, -0.2) is 90.1 Å². The lowest BCUT2D eigenvalue weighted by Gasteiger charge is -2.40. The van der Waals surface area contributed by atoms with Gasteiger partial charge in [-0.1, -0.05) is 19.8 Å². The molecule has 188 valence electrons. The quantitative estimate of drug-likeness (QED) is 0.395. The zero-order chi connectivity index (χ0) is 22.6.